The van der Waals surface area contributed by atoms with Crippen molar-refractivity contribution in [3.05, 3.63) is 45.6 Å². The van der Waals surface area contributed by atoms with Crippen LogP contribution < -0.4 is 5.32 Å². The second-order valence-corrected chi connectivity index (χ2v) is 11.2. The molecule has 0 radical (unpaired) electrons. The molecule has 1 N–H and O–H groups in total. The number of thiophene rings is 1. The predicted octanol–water partition coefficient (Wildman–Crippen LogP) is 2.58. The second-order valence-electron chi connectivity index (χ2n) is 7.05. The van der Waals surface area contributed by atoms with Crippen LogP contribution in [0.4, 0.5) is 5.69 Å². The summed E-state index contributed by atoms with van der Waals surface area (Å²) in [5.41, 5.74) is 2.07. The van der Waals surface area contributed by atoms with Gasteiger partial charge in [-0.3, -0.25) is 4.79 Å². The van der Waals surface area contributed by atoms with Gasteiger partial charge < -0.3 is 5.32 Å². The number of aromatic nitrogens is 4. The Hall–Kier alpha value is -2.28. The molecule has 0 fully saturated rings. The van der Waals surface area contributed by atoms with E-state index in [1.54, 1.807) is 22.1 Å². The lowest BCUT2D eigenvalue weighted by Gasteiger charge is -2.16. The fraction of sp³-hybridized carbons (Fsp3) is 0.368. The number of thioether (sulfide) groups is 1. The molecular formula is C19H24N6O3S3. The number of hydrogen-bond acceptors (Lipinski definition) is 8. The first kappa shape index (κ1) is 23.4. The molecule has 12 heteroatoms. The summed E-state index contributed by atoms with van der Waals surface area (Å²) in [4.78, 5) is 13.9. The molecule has 31 heavy (non-hydrogen) atoms. The normalized spacial score (nSPS) is 11.8. The lowest BCUT2D eigenvalue weighted by atomic mass is 10.1. The fourth-order valence-electron chi connectivity index (χ4n) is 2.74. The summed E-state index contributed by atoms with van der Waals surface area (Å²) in [6, 6.07) is 7.16. The van der Waals surface area contributed by atoms with Crippen LogP contribution in [0.5, 0.6) is 0 Å². The minimum absolute atomic E-state index is 0.0997. The van der Waals surface area contributed by atoms with Crippen LogP contribution in [0.1, 0.15) is 16.0 Å². The van der Waals surface area contributed by atoms with E-state index in [-0.39, 0.29) is 16.6 Å². The molecule has 1 aromatic carbocycles. The molecule has 0 aliphatic heterocycles. The van der Waals surface area contributed by atoms with Crippen molar-refractivity contribution in [1.29, 1.82) is 0 Å². The standard InChI is InChI=1S/C19H24N6O3S3/c1-13-10-16(31(27,28)24(3)4)11-17(14(13)2)20-18(26)12-30-19-21-22-23-25(19)8-7-15-6-5-9-29-15/h5-6,9-11H,7-8,12H2,1-4H3,(H,20,26). The van der Waals surface area contributed by atoms with E-state index >= 15 is 0 Å². The highest BCUT2D eigenvalue weighted by Crippen LogP contribution is 2.26. The van der Waals surface area contributed by atoms with Crippen molar-refractivity contribution < 1.29 is 13.2 Å². The Morgan fingerprint density at radius 3 is 2.74 bits per heavy atom. The minimum Gasteiger partial charge on any atom is -0.325 e. The van der Waals surface area contributed by atoms with Gasteiger partial charge in [0.1, 0.15) is 0 Å². The third kappa shape index (κ3) is 5.70. The predicted molar refractivity (Wildman–Crippen MR) is 122 cm³/mol. The molecule has 2 heterocycles. The van der Waals surface area contributed by atoms with E-state index in [0.717, 1.165) is 21.9 Å². The number of nitrogens with zero attached hydrogens (tertiary/aromatic N) is 5. The lowest BCUT2D eigenvalue weighted by molar-refractivity contribution is -0.113. The molecule has 0 saturated heterocycles. The number of benzene rings is 1. The first-order chi connectivity index (χ1) is 14.7. The quantitative estimate of drug-likeness (QED) is 0.469. The molecule has 9 nitrogen and oxygen atoms in total. The topological polar surface area (TPSA) is 110 Å². The highest BCUT2D eigenvalue weighted by atomic mass is 32.2. The van der Waals surface area contributed by atoms with Gasteiger partial charge in [0.15, 0.2) is 0 Å². The SMILES string of the molecule is Cc1cc(S(=O)(=O)N(C)C)cc(NC(=O)CSc2nnnn2CCc2cccs2)c1C. The lowest BCUT2D eigenvalue weighted by Crippen LogP contribution is -2.23. The van der Waals surface area contributed by atoms with Crippen LogP contribution in [0.25, 0.3) is 0 Å². The third-order valence-electron chi connectivity index (χ3n) is 4.68. The second kappa shape index (κ2) is 9.90. The molecule has 3 aromatic rings. The van der Waals surface area contributed by atoms with Gasteiger partial charge in [-0.1, -0.05) is 17.8 Å². The number of sulfonamides is 1. The summed E-state index contributed by atoms with van der Waals surface area (Å²) >= 11 is 2.91. The minimum atomic E-state index is -3.61. The van der Waals surface area contributed by atoms with E-state index in [1.165, 1.54) is 36.8 Å². The molecule has 0 aliphatic rings. The number of hydrogen-bond donors (Lipinski definition) is 1. The highest BCUT2D eigenvalue weighted by molar-refractivity contribution is 7.99. The average molecular weight is 481 g/mol. The molecule has 0 aliphatic carbocycles. The van der Waals surface area contributed by atoms with E-state index in [2.05, 4.69) is 26.9 Å². The summed E-state index contributed by atoms with van der Waals surface area (Å²) in [7, 11) is -0.657. The molecule has 0 bridgehead atoms. The summed E-state index contributed by atoms with van der Waals surface area (Å²) < 4.78 is 27.8. The number of amides is 1. The summed E-state index contributed by atoms with van der Waals surface area (Å²) in [5, 5.41) is 17.1. The van der Waals surface area contributed by atoms with E-state index in [0.29, 0.717) is 17.4 Å². The van der Waals surface area contributed by atoms with Gasteiger partial charge in [-0.05, 0) is 59.0 Å². The highest BCUT2D eigenvalue weighted by Gasteiger charge is 2.20. The van der Waals surface area contributed by atoms with Crippen molar-refractivity contribution in [3.63, 3.8) is 0 Å². The van der Waals surface area contributed by atoms with Gasteiger partial charge in [-0.15, -0.1) is 16.4 Å². The van der Waals surface area contributed by atoms with Crippen LogP contribution >= 0.6 is 23.1 Å². The fourth-order valence-corrected chi connectivity index (χ4v) is 5.16. The van der Waals surface area contributed by atoms with E-state index in [4.69, 9.17) is 0 Å². The van der Waals surface area contributed by atoms with Crippen molar-refractivity contribution in [2.75, 3.05) is 25.2 Å². The molecule has 0 atom stereocenters. The molecule has 166 valence electrons. The van der Waals surface area contributed by atoms with Crippen molar-refractivity contribution >= 4 is 44.7 Å². The van der Waals surface area contributed by atoms with Gasteiger partial charge >= 0.3 is 0 Å². The van der Waals surface area contributed by atoms with Crippen LogP contribution in [0.3, 0.4) is 0 Å². The first-order valence-corrected chi connectivity index (χ1v) is 12.7. The number of tetrazole rings is 1. The number of nitrogens with one attached hydrogen (secondary N) is 1. The van der Waals surface area contributed by atoms with E-state index < -0.39 is 10.0 Å². The number of carbonyl (C=O) groups is 1. The van der Waals surface area contributed by atoms with Crippen LogP contribution in [-0.2, 0) is 27.8 Å². The molecule has 2 aromatic heterocycles. The van der Waals surface area contributed by atoms with Crippen molar-refractivity contribution in [3.8, 4) is 0 Å². The average Bonchev–Trinajstić information content (AvgIpc) is 3.39. The molecule has 3 rings (SSSR count). The van der Waals surface area contributed by atoms with Crippen LogP contribution in [0, 0.1) is 13.8 Å². The molecule has 0 spiro atoms. The van der Waals surface area contributed by atoms with Gasteiger partial charge in [0.2, 0.25) is 21.1 Å². The van der Waals surface area contributed by atoms with Gasteiger partial charge in [0, 0.05) is 31.1 Å². The monoisotopic (exact) mass is 480 g/mol. The largest absolute Gasteiger partial charge is 0.325 e. The molecule has 0 saturated carbocycles. The number of aryl methyl sites for hydroxylation is 3. The maximum absolute atomic E-state index is 12.6. The van der Waals surface area contributed by atoms with E-state index in [9.17, 15) is 13.2 Å². The molecule has 1 amide bonds. The first-order valence-electron chi connectivity index (χ1n) is 9.43. The Bertz CT molecular complexity index is 1160. The smallest absolute Gasteiger partial charge is 0.242 e. The summed E-state index contributed by atoms with van der Waals surface area (Å²) in [6.45, 7) is 4.28. The van der Waals surface area contributed by atoms with Crippen molar-refractivity contribution in [2.45, 2.75) is 36.9 Å². The van der Waals surface area contributed by atoms with Gasteiger partial charge in [0.25, 0.3) is 0 Å². The van der Waals surface area contributed by atoms with Crippen LogP contribution in [0.15, 0.2) is 39.7 Å². The zero-order valence-electron chi connectivity index (χ0n) is 17.7. The maximum atomic E-state index is 12.6. The van der Waals surface area contributed by atoms with Crippen molar-refractivity contribution in [1.82, 2.24) is 24.5 Å². The van der Waals surface area contributed by atoms with Gasteiger partial charge in [-0.25, -0.2) is 17.4 Å². The Morgan fingerprint density at radius 1 is 1.29 bits per heavy atom. The molecular weight excluding hydrogens is 456 g/mol. The third-order valence-corrected chi connectivity index (χ3v) is 8.36. The Balaban J connectivity index is 1.65. The summed E-state index contributed by atoms with van der Waals surface area (Å²) in [5.74, 6) is -0.164. The number of rotatable bonds is 9. The maximum Gasteiger partial charge on any atom is 0.242 e. The summed E-state index contributed by atoms with van der Waals surface area (Å²) in [6.07, 6.45) is 0.814. The van der Waals surface area contributed by atoms with Crippen molar-refractivity contribution in [2.24, 2.45) is 0 Å². The zero-order valence-corrected chi connectivity index (χ0v) is 20.1. The van der Waals surface area contributed by atoms with Gasteiger partial charge in [0.05, 0.1) is 17.2 Å². The number of anilines is 1. The Labute approximate surface area is 189 Å². The van der Waals surface area contributed by atoms with Crippen LogP contribution in [0.2, 0.25) is 0 Å². The Kier molecular flexibility index (Phi) is 7.46. The van der Waals surface area contributed by atoms with Gasteiger partial charge in [-0.2, -0.15) is 0 Å². The Morgan fingerprint density at radius 2 is 2.06 bits per heavy atom. The van der Waals surface area contributed by atoms with E-state index in [1.807, 2.05) is 25.3 Å². The number of carbonyl (C=O) groups excluding carboxylic acids is 1. The zero-order chi connectivity index (χ0) is 22.6. The van der Waals surface area contributed by atoms with Crippen LogP contribution in [-0.4, -0.2) is 58.7 Å². The molecule has 0 unspecified atom stereocenters.